The number of hydrogen-bond acceptors (Lipinski definition) is 3. The van der Waals surface area contributed by atoms with E-state index in [-0.39, 0.29) is 0 Å². The molecule has 0 aromatic carbocycles. The molecular weight excluding hydrogens is 180 g/mol. The second-order valence-electron chi connectivity index (χ2n) is 4.30. The lowest BCUT2D eigenvalue weighted by molar-refractivity contribution is 0.247. The monoisotopic (exact) mass is 200 g/mol. The van der Waals surface area contributed by atoms with E-state index < -0.39 is 0 Å². The first-order valence-electron chi connectivity index (χ1n) is 5.39. The smallest absolute Gasteiger partial charge is 0.0147 e. The molecule has 2 nitrogen and oxygen atoms in total. The van der Waals surface area contributed by atoms with Crippen LogP contribution >= 0.6 is 11.8 Å². The molecule has 0 aromatic rings. The summed E-state index contributed by atoms with van der Waals surface area (Å²) in [7, 11) is 0. The number of hydrogen-bond donors (Lipinski definition) is 1. The van der Waals surface area contributed by atoms with Crippen molar-refractivity contribution in [3.63, 3.8) is 0 Å². The Bertz CT molecular complexity index is 157. The lowest BCUT2D eigenvalue weighted by atomic mass is 10.1. The predicted octanol–water partition coefficient (Wildman–Crippen LogP) is 1.03. The lowest BCUT2D eigenvalue weighted by Crippen LogP contribution is -2.40. The Balaban J connectivity index is 1.73. The average molecular weight is 200 g/mol. The highest BCUT2D eigenvalue weighted by molar-refractivity contribution is 7.99. The minimum absolute atomic E-state index is 0.850. The molecule has 0 aromatic heterocycles. The van der Waals surface area contributed by atoms with Crippen molar-refractivity contribution in [3.8, 4) is 0 Å². The van der Waals surface area contributed by atoms with E-state index in [9.17, 15) is 0 Å². The summed E-state index contributed by atoms with van der Waals surface area (Å²) < 4.78 is 0. The van der Waals surface area contributed by atoms with Crippen molar-refractivity contribution in [2.24, 2.45) is 5.92 Å². The quantitative estimate of drug-likeness (QED) is 0.717. The molecule has 2 fully saturated rings. The van der Waals surface area contributed by atoms with Crippen LogP contribution in [0.2, 0.25) is 0 Å². The molecule has 0 spiro atoms. The van der Waals surface area contributed by atoms with Crippen molar-refractivity contribution in [1.82, 2.24) is 10.2 Å². The molecule has 3 heteroatoms. The van der Waals surface area contributed by atoms with E-state index in [0.29, 0.717) is 0 Å². The van der Waals surface area contributed by atoms with Crippen LogP contribution in [0.3, 0.4) is 0 Å². The molecule has 2 unspecified atom stereocenters. The third kappa shape index (κ3) is 2.86. The van der Waals surface area contributed by atoms with Gasteiger partial charge in [0.15, 0.2) is 0 Å². The minimum Gasteiger partial charge on any atom is -0.316 e. The molecule has 0 bridgehead atoms. The fourth-order valence-electron chi connectivity index (χ4n) is 2.29. The summed E-state index contributed by atoms with van der Waals surface area (Å²) in [5.74, 6) is 2.26. The lowest BCUT2D eigenvalue weighted by Gasteiger charge is -2.32. The highest BCUT2D eigenvalue weighted by Crippen LogP contribution is 2.19. The summed E-state index contributed by atoms with van der Waals surface area (Å²) in [5, 5.41) is 4.29. The Morgan fingerprint density at radius 3 is 3.15 bits per heavy atom. The van der Waals surface area contributed by atoms with Crippen molar-refractivity contribution in [2.45, 2.75) is 18.6 Å². The fraction of sp³-hybridized carbons (Fsp3) is 1.00. The standard InChI is InChI=1S/C10H20N2S/c1-9-7-12(4-5-13-9)8-10-2-3-11-6-10/h9-11H,2-8H2,1H3. The average Bonchev–Trinajstić information content (AvgIpc) is 2.57. The number of nitrogens with zero attached hydrogens (tertiary/aromatic N) is 1. The summed E-state index contributed by atoms with van der Waals surface area (Å²) in [6.07, 6.45) is 1.39. The summed E-state index contributed by atoms with van der Waals surface area (Å²) in [4.78, 5) is 2.65. The van der Waals surface area contributed by atoms with Crippen molar-refractivity contribution in [1.29, 1.82) is 0 Å². The Kier molecular flexibility index (Phi) is 3.52. The van der Waals surface area contributed by atoms with Crippen LogP contribution in [0.5, 0.6) is 0 Å². The van der Waals surface area contributed by atoms with E-state index in [4.69, 9.17) is 0 Å². The summed E-state index contributed by atoms with van der Waals surface area (Å²) in [6.45, 7) is 8.79. The van der Waals surface area contributed by atoms with Crippen LogP contribution < -0.4 is 5.32 Å². The van der Waals surface area contributed by atoms with Gasteiger partial charge < -0.3 is 10.2 Å². The maximum absolute atomic E-state index is 3.44. The summed E-state index contributed by atoms with van der Waals surface area (Å²) in [5.41, 5.74) is 0. The van der Waals surface area contributed by atoms with Crippen LogP contribution in [0.15, 0.2) is 0 Å². The molecule has 2 aliphatic heterocycles. The normalized spacial score (nSPS) is 36.7. The number of nitrogens with one attached hydrogen (secondary N) is 1. The molecule has 0 radical (unpaired) electrons. The molecule has 2 saturated heterocycles. The first-order valence-corrected chi connectivity index (χ1v) is 6.44. The Labute approximate surface area is 85.4 Å². The zero-order valence-electron chi connectivity index (χ0n) is 8.46. The van der Waals surface area contributed by atoms with Gasteiger partial charge in [-0.25, -0.2) is 0 Å². The SMILES string of the molecule is CC1CN(CC2CCNC2)CCS1. The molecule has 0 aliphatic carbocycles. The minimum atomic E-state index is 0.850. The third-order valence-corrected chi connectivity index (χ3v) is 4.14. The molecule has 2 heterocycles. The van der Waals surface area contributed by atoms with Crippen molar-refractivity contribution in [3.05, 3.63) is 0 Å². The van der Waals surface area contributed by atoms with Crippen LogP contribution in [0, 0.1) is 5.92 Å². The Morgan fingerprint density at radius 1 is 1.54 bits per heavy atom. The van der Waals surface area contributed by atoms with E-state index in [1.54, 1.807) is 0 Å². The van der Waals surface area contributed by atoms with E-state index in [2.05, 4.69) is 28.9 Å². The van der Waals surface area contributed by atoms with Crippen LogP contribution in [-0.2, 0) is 0 Å². The topological polar surface area (TPSA) is 15.3 Å². The molecule has 0 saturated carbocycles. The first kappa shape index (κ1) is 9.81. The zero-order valence-corrected chi connectivity index (χ0v) is 9.28. The van der Waals surface area contributed by atoms with Gasteiger partial charge in [-0.2, -0.15) is 11.8 Å². The number of thioether (sulfide) groups is 1. The molecule has 13 heavy (non-hydrogen) atoms. The largest absolute Gasteiger partial charge is 0.316 e. The van der Waals surface area contributed by atoms with Gasteiger partial charge in [-0.3, -0.25) is 0 Å². The highest BCUT2D eigenvalue weighted by Gasteiger charge is 2.21. The molecule has 1 N–H and O–H groups in total. The van der Waals surface area contributed by atoms with Crippen LogP contribution in [0.25, 0.3) is 0 Å². The van der Waals surface area contributed by atoms with Crippen LogP contribution in [-0.4, -0.2) is 48.6 Å². The number of rotatable bonds is 2. The van der Waals surface area contributed by atoms with E-state index in [1.165, 1.54) is 44.9 Å². The molecule has 0 amide bonds. The second kappa shape index (κ2) is 4.67. The highest BCUT2D eigenvalue weighted by atomic mass is 32.2. The van der Waals surface area contributed by atoms with E-state index in [1.807, 2.05) is 0 Å². The zero-order chi connectivity index (χ0) is 9.10. The van der Waals surface area contributed by atoms with Gasteiger partial charge in [-0.15, -0.1) is 0 Å². The first-order chi connectivity index (χ1) is 6.34. The molecule has 2 atom stereocenters. The van der Waals surface area contributed by atoms with E-state index in [0.717, 1.165) is 11.2 Å². The maximum atomic E-state index is 3.44. The summed E-state index contributed by atoms with van der Waals surface area (Å²) >= 11 is 2.12. The van der Waals surface area contributed by atoms with Gasteiger partial charge in [0.25, 0.3) is 0 Å². The molecular formula is C10H20N2S. The van der Waals surface area contributed by atoms with Crippen LogP contribution in [0.4, 0.5) is 0 Å². The Hall–Kier alpha value is 0.270. The van der Waals surface area contributed by atoms with Crippen molar-refractivity contribution in [2.75, 3.05) is 38.5 Å². The summed E-state index contributed by atoms with van der Waals surface area (Å²) in [6, 6.07) is 0. The van der Waals surface area contributed by atoms with E-state index >= 15 is 0 Å². The van der Waals surface area contributed by atoms with Gasteiger partial charge in [0, 0.05) is 30.6 Å². The predicted molar refractivity (Wildman–Crippen MR) is 59.3 cm³/mol. The molecule has 2 rings (SSSR count). The third-order valence-electron chi connectivity index (χ3n) is 3.00. The molecule has 2 aliphatic rings. The second-order valence-corrected chi connectivity index (χ2v) is 5.85. The van der Waals surface area contributed by atoms with Gasteiger partial charge in [0.1, 0.15) is 0 Å². The fourth-order valence-corrected chi connectivity index (χ4v) is 3.37. The van der Waals surface area contributed by atoms with Gasteiger partial charge in [-0.1, -0.05) is 6.92 Å². The van der Waals surface area contributed by atoms with Gasteiger partial charge >= 0.3 is 0 Å². The van der Waals surface area contributed by atoms with Crippen molar-refractivity contribution >= 4 is 11.8 Å². The molecule has 76 valence electrons. The van der Waals surface area contributed by atoms with Gasteiger partial charge in [0.2, 0.25) is 0 Å². The maximum Gasteiger partial charge on any atom is 0.0147 e. The van der Waals surface area contributed by atoms with Gasteiger partial charge in [-0.05, 0) is 25.4 Å². The Morgan fingerprint density at radius 2 is 2.46 bits per heavy atom. The van der Waals surface area contributed by atoms with Gasteiger partial charge in [0.05, 0.1) is 0 Å². The van der Waals surface area contributed by atoms with Crippen LogP contribution in [0.1, 0.15) is 13.3 Å². The van der Waals surface area contributed by atoms with Crippen molar-refractivity contribution < 1.29 is 0 Å².